The Morgan fingerprint density at radius 3 is 2.72 bits per heavy atom. The average molecular weight is 246 g/mol. The molecule has 2 rings (SSSR count). The summed E-state index contributed by atoms with van der Waals surface area (Å²) in [5.74, 6) is 0.781. The molecule has 1 fully saturated rings. The number of aryl methyl sites for hydroxylation is 1. The monoisotopic (exact) mass is 246 g/mol. The second kappa shape index (κ2) is 5.53. The predicted octanol–water partition coefficient (Wildman–Crippen LogP) is 2.12. The van der Waals surface area contributed by atoms with Gasteiger partial charge in [0.25, 0.3) is 0 Å². The summed E-state index contributed by atoms with van der Waals surface area (Å²) >= 11 is 0. The van der Waals surface area contributed by atoms with E-state index in [0.717, 1.165) is 13.1 Å². The normalized spacial score (nSPS) is 21.4. The lowest BCUT2D eigenvalue weighted by molar-refractivity contribution is -0.128. The molecule has 1 amide bonds. The molecule has 18 heavy (non-hydrogen) atoms. The summed E-state index contributed by atoms with van der Waals surface area (Å²) in [7, 11) is 1.96. The molecule has 1 aromatic rings. The number of hydrogen-bond donors (Lipinski definition) is 1. The zero-order valence-electron chi connectivity index (χ0n) is 11.4. The fourth-order valence-electron chi connectivity index (χ4n) is 2.69. The Morgan fingerprint density at radius 2 is 2.17 bits per heavy atom. The number of amides is 1. The van der Waals surface area contributed by atoms with Gasteiger partial charge in [-0.25, -0.2) is 0 Å². The molecule has 1 saturated heterocycles. The minimum Gasteiger partial charge on any atom is -0.340 e. The first-order valence-corrected chi connectivity index (χ1v) is 6.62. The van der Waals surface area contributed by atoms with E-state index in [1.807, 2.05) is 11.9 Å². The zero-order valence-corrected chi connectivity index (χ0v) is 11.4. The number of carbonyl (C=O) groups excluding carboxylic acids is 1. The van der Waals surface area contributed by atoms with Crippen LogP contribution in [0.15, 0.2) is 24.3 Å². The topological polar surface area (TPSA) is 32.3 Å². The highest BCUT2D eigenvalue weighted by Gasteiger charge is 2.28. The minimum absolute atomic E-state index is 0.223. The molecule has 0 saturated carbocycles. The summed E-state index contributed by atoms with van der Waals surface area (Å²) in [4.78, 5) is 13.8. The first-order valence-electron chi connectivity index (χ1n) is 6.62. The maximum absolute atomic E-state index is 11.9. The van der Waals surface area contributed by atoms with Gasteiger partial charge in [0.15, 0.2) is 0 Å². The van der Waals surface area contributed by atoms with Crippen molar-refractivity contribution in [3.05, 3.63) is 35.4 Å². The summed E-state index contributed by atoms with van der Waals surface area (Å²) in [5, 5.41) is 3.33. The quantitative estimate of drug-likeness (QED) is 0.882. The lowest BCUT2D eigenvalue weighted by Gasteiger charge is -2.25. The standard InChI is InChI=1S/C15H22N2O/c1-11-8-15(18)17(9-11)10-14(16-3)13-7-5-4-6-12(13)2/h4-7,11,14,16H,8-10H2,1-3H3. The molecule has 98 valence electrons. The Kier molecular flexibility index (Phi) is 4.02. The van der Waals surface area contributed by atoms with Crippen LogP contribution in [0.5, 0.6) is 0 Å². The predicted molar refractivity (Wildman–Crippen MR) is 73.3 cm³/mol. The molecule has 2 unspecified atom stereocenters. The van der Waals surface area contributed by atoms with Gasteiger partial charge in [0.05, 0.1) is 0 Å². The van der Waals surface area contributed by atoms with Crippen LogP contribution in [0.1, 0.15) is 30.5 Å². The largest absolute Gasteiger partial charge is 0.340 e. The number of nitrogens with one attached hydrogen (secondary N) is 1. The van der Waals surface area contributed by atoms with Crippen molar-refractivity contribution >= 4 is 5.91 Å². The van der Waals surface area contributed by atoms with E-state index in [9.17, 15) is 4.79 Å². The van der Waals surface area contributed by atoms with E-state index in [2.05, 4.69) is 43.4 Å². The lowest BCUT2D eigenvalue weighted by Crippen LogP contribution is -2.35. The van der Waals surface area contributed by atoms with Gasteiger partial charge in [-0.3, -0.25) is 4.79 Å². The van der Waals surface area contributed by atoms with Crippen molar-refractivity contribution in [2.24, 2.45) is 5.92 Å². The number of nitrogens with zero attached hydrogens (tertiary/aromatic N) is 1. The highest BCUT2D eigenvalue weighted by Crippen LogP contribution is 2.23. The zero-order chi connectivity index (χ0) is 13.1. The molecule has 0 aromatic heterocycles. The van der Waals surface area contributed by atoms with E-state index in [4.69, 9.17) is 0 Å². The average Bonchev–Trinajstić information content (AvgIpc) is 2.66. The molecule has 1 aliphatic rings. The molecular formula is C15H22N2O. The van der Waals surface area contributed by atoms with Crippen molar-refractivity contribution in [1.82, 2.24) is 10.2 Å². The van der Waals surface area contributed by atoms with Crippen LogP contribution in [0.25, 0.3) is 0 Å². The van der Waals surface area contributed by atoms with E-state index in [0.29, 0.717) is 12.3 Å². The summed E-state index contributed by atoms with van der Waals surface area (Å²) in [6.45, 7) is 5.92. The number of likely N-dealkylation sites (tertiary alicyclic amines) is 1. The molecule has 3 nitrogen and oxygen atoms in total. The van der Waals surface area contributed by atoms with Crippen LogP contribution in [0.4, 0.5) is 0 Å². The third-order valence-electron chi connectivity index (χ3n) is 3.72. The summed E-state index contributed by atoms with van der Waals surface area (Å²) < 4.78 is 0. The summed E-state index contributed by atoms with van der Waals surface area (Å²) in [6.07, 6.45) is 0.699. The maximum atomic E-state index is 11.9. The number of benzene rings is 1. The minimum atomic E-state index is 0.223. The van der Waals surface area contributed by atoms with Gasteiger partial charge in [-0.2, -0.15) is 0 Å². The second-order valence-corrected chi connectivity index (χ2v) is 5.31. The van der Waals surface area contributed by atoms with Crippen molar-refractivity contribution in [2.45, 2.75) is 26.3 Å². The SMILES string of the molecule is CNC(CN1CC(C)CC1=O)c1ccccc1C. The molecule has 0 radical (unpaired) electrons. The fraction of sp³-hybridized carbons (Fsp3) is 0.533. The molecule has 0 spiro atoms. The Morgan fingerprint density at radius 1 is 1.44 bits per heavy atom. The molecule has 0 aliphatic carbocycles. The van der Waals surface area contributed by atoms with Crippen LogP contribution in [0, 0.1) is 12.8 Å². The van der Waals surface area contributed by atoms with Crippen LogP contribution in [0.3, 0.4) is 0 Å². The van der Waals surface area contributed by atoms with Crippen molar-refractivity contribution in [3.8, 4) is 0 Å². The van der Waals surface area contributed by atoms with Crippen molar-refractivity contribution < 1.29 is 4.79 Å². The van der Waals surface area contributed by atoms with Gasteiger partial charge in [-0.05, 0) is 31.0 Å². The van der Waals surface area contributed by atoms with Gasteiger partial charge in [-0.1, -0.05) is 31.2 Å². The van der Waals surface area contributed by atoms with Crippen molar-refractivity contribution in [2.75, 3.05) is 20.1 Å². The molecule has 0 bridgehead atoms. The van der Waals surface area contributed by atoms with Gasteiger partial charge >= 0.3 is 0 Å². The first-order chi connectivity index (χ1) is 8.61. The third kappa shape index (κ3) is 2.72. The van der Waals surface area contributed by atoms with Crippen LogP contribution >= 0.6 is 0 Å². The number of hydrogen-bond acceptors (Lipinski definition) is 2. The van der Waals surface area contributed by atoms with E-state index >= 15 is 0 Å². The Hall–Kier alpha value is -1.35. The first kappa shape index (κ1) is 13.1. The third-order valence-corrected chi connectivity index (χ3v) is 3.72. The smallest absolute Gasteiger partial charge is 0.222 e. The highest BCUT2D eigenvalue weighted by atomic mass is 16.2. The number of likely N-dealkylation sites (N-methyl/N-ethyl adjacent to an activating group) is 1. The van der Waals surface area contributed by atoms with Gasteiger partial charge in [0.1, 0.15) is 0 Å². The van der Waals surface area contributed by atoms with Crippen LogP contribution < -0.4 is 5.32 Å². The van der Waals surface area contributed by atoms with E-state index < -0.39 is 0 Å². The van der Waals surface area contributed by atoms with Crippen molar-refractivity contribution in [3.63, 3.8) is 0 Å². The van der Waals surface area contributed by atoms with E-state index in [1.165, 1.54) is 11.1 Å². The van der Waals surface area contributed by atoms with Crippen LogP contribution in [-0.4, -0.2) is 30.9 Å². The second-order valence-electron chi connectivity index (χ2n) is 5.31. The fourth-order valence-corrected chi connectivity index (χ4v) is 2.69. The Bertz CT molecular complexity index is 430. The Balaban J connectivity index is 2.11. The molecule has 1 aromatic carbocycles. The number of rotatable bonds is 4. The molecule has 1 aliphatic heterocycles. The molecule has 3 heteroatoms. The van der Waals surface area contributed by atoms with Crippen molar-refractivity contribution in [1.29, 1.82) is 0 Å². The number of carbonyl (C=O) groups is 1. The Labute approximate surface area is 109 Å². The summed E-state index contributed by atoms with van der Waals surface area (Å²) in [5.41, 5.74) is 2.56. The molecular weight excluding hydrogens is 224 g/mol. The lowest BCUT2D eigenvalue weighted by atomic mass is 10.0. The van der Waals surface area contributed by atoms with Crippen LogP contribution in [-0.2, 0) is 4.79 Å². The van der Waals surface area contributed by atoms with Gasteiger partial charge in [-0.15, -0.1) is 0 Å². The maximum Gasteiger partial charge on any atom is 0.222 e. The molecule has 1 heterocycles. The summed E-state index contributed by atoms with van der Waals surface area (Å²) in [6, 6.07) is 8.59. The highest BCUT2D eigenvalue weighted by molar-refractivity contribution is 5.78. The van der Waals surface area contributed by atoms with E-state index in [-0.39, 0.29) is 11.9 Å². The van der Waals surface area contributed by atoms with Gasteiger partial charge < -0.3 is 10.2 Å². The molecule has 2 atom stereocenters. The molecule has 1 N–H and O–H groups in total. The van der Waals surface area contributed by atoms with Gasteiger partial charge in [0, 0.05) is 25.6 Å². The van der Waals surface area contributed by atoms with E-state index in [1.54, 1.807) is 0 Å². The van der Waals surface area contributed by atoms with Gasteiger partial charge in [0.2, 0.25) is 5.91 Å². The van der Waals surface area contributed by atoms with Crippen LogP contribution in [0.2, 0.25) is 0 Å².